The normalized spacial score (nSPS) is 29.9. The fraction of sp³-hybridized carbons (Fsp3) is 0.364. The molecule has 0 saturated heterocycles. The van der Waals surface area contributed by atoms with Crippen LogP contribution < -0.4 is 0 Å². The molecule has 0 N–H and O–H groups in total. The average molecular weight is 288 g/mol. The molecule has 0 saturated carbocycles. The third-order valence-electron chi connectivity index (χ3n) is 6.06. The van der Waals surface area contributed by atoms with Crippen LogP contribution >= 0.6 is 0 Å². The first kappa shape index (κ1) is 13.8. The minimum Gasteiger partial charge on any atom is -0.0552 e. The van der Waals surface area contributed by atoms with Gasteiger partial charge < -0.3 is 0 Å². The van der Waals surface area contributed by atoms with Gasteiger partial charge in [-0.25, -0.2) is 0 Å². The minimum atomic E-state index is 0.529. The fourth-order valence-electron chi connectivity index (χ4n) is 4.71. The summed E-state index contributed by atoms with van der Waals surface area (Å²) in [5.41, 5.74) is 14.9. The highest BCUT2D eigenvalue weighted by Gasteiger charge is 2.43. The van der Waals surface area contributed by atoms with Crippen molar-refractivity contribution >= 4 is 0 Å². The largest absolute Gasteiger partial charge is 0.0552 e. The minimum absolute atomic E-state index is 0.529. The Bertz CT molecular complexity index is 755. The predicted molar refractivity (Wildman–Crippen MR) is 94.4 cm³/mol. The van der Waals surface area contributed by atoms with E-state index < -0.39 is 0 Å². The smallest absolute Gasteiger partial charge is 0.0205 e. The highest BCUT2D eigenvalue weighted by atomic mass is 14.5. The lowest BCUT2D eigenvalue weighted by Crippen LogP contribution is -2.34. The maximum absolute atomic E-state index is 2.42. The first-order valence-electron chi connectivity index (χ1n) is 8.30. The summed E-state index contributed by atoms with van der Waals surface area (Å²) < 4.78 is 0. The van der Waals surface area contributed by atoms with Gasteiger partial charge in [-0.2, -0.15) is 0 Å². The van der Waals surface area contributed by atoms with Crippen LogP contribution in [0.2, 0.25) is 0 Å². The van der Waals surface area contributed by atoms with Crippen LogP contribution in [0.3, 0.4) is 0 Å². The molecule has 0 aliphatic heterocycles. The summed E-state index contributed by atoms with van der Waals surface area (Å²) in [5, 5.41) is 0. The number of hydrogen-bond acceptors (Lipinski definition) is 0. The summed E-state index contributed by atoms with van der Waals surface area (Å²) in [4.78, 5) is 0. The second kappa shape index (κ2) is 4.35. The lowest BCUT2D eigenvalue weighted by atomic mass is 9.57. The number of hydrogen-bond donors (Lipinski definition) is 0. The van der Waals surface area contributed by atoms with Crippen molar-refractivity contribution < 1.29 is 0 Å². The molecular weight excluding hydrogens is 264 g/mol. The van der Waals surface area contributed by atoms with Crippen molar-refractivity contribution in [2.75, 3.05) is 0 Å². The van der Waals surface area contributed by atoms with Crippen LogP contribution in [-0.2, 0) is 0 Å². The van der Waals surface area contributed by atoms with Crippen LogP contribution in [0, 0.1) is 11.8 Å². The van der Waals surface area contributed by atoms with Crippen molar-refractivity contribution in [3.63, 3.8) is 0 Å². The van der Waals surface area contributed by atoms with E-state index in [1.54, 1.807) is 22.3 Å². The van der Waals surface area contributed by atoms with Crippen molar-refractivity contribution in [1.82, 2.24) is 0 Å². The van der Waals surface area contributed by atoms with E-state index in [2.05, 4.69) is 65.8 Å². The van der Waals surface area contributed by atoms with Gasteiger partial charge in [0.25, 0.3) is 0 Å². The molecule has 4 rings (SSSR count). The second-order valence-corrected chi connectivity index (χ2v) is 7.34. The van der Waals surface area contributed by atoms with E-state index in [0.717, 1.165) is 0 Å². The van der Waals surface area contributed by atoms with E-state index in [1.165, 1.54) is 33.4 Å². The zero-order chi connectivity index (χ0) is 15.8. The third kappa shape index (κ3) is 1.59. The monoisotopic (exact) mass is 288 g/mol. The Morgan fingerprint density at radius 1 is 0.500 bits per heavy atom. The van der Waals surface area contributed by atoms with E-state index in [0.29, 0.717) is 11.8 Å². The number of allylic oxidation sites excluding steroid dienone is 14. The van der Waals surface area contributed by atoms with Crippen LogP contribution in [0.1, 0.15) is 41.5 Å². The lowest BCUT2D eigenvalue weighted by molar-refractivity contribution is 0.533. The zero-order valence-electron chi connectivity index (χ0n) is 14.5. The summed E-state index contributed by atoms with van der Waals surface area (Å²) in [6, 6.07) is 0. The molecule has 0 bridgehead atoms. The molecule has 0 heterocycles. The lowest BCUT2D eigenvalue weighted by Gasteiger charge is -2.46. The summed E-state index contributed by atoms with van der Waals surface area (Å²) in [6.45, 7) is 13.7. The highest BCUT2D eigenvalue weighted by molar-refractivity contribution is 5.69. The first-order valence-corrected chi connectivity index (χ1v) is 8.30. The summed E-state index contributed by atoms with van der Waals surface area (Å²) in [6.07, 6.45) is 9.67. The summed E-state index contributed by atoms with van der Waals surface area (Å²) in [7, 11) is 0. The van der Waals surface area contributed by atoms with Gasteiger partial charge in [-0.3, -0.25) is 0 Å². The molecular formula is C22H24. The maximum atomic E-state index is 2.42. The van der Waals surface area contributed by atoms with Crippen molar-refractivity contribution in [2.45, 2.75) is 41.5 Å². The SMILES string of the molecule is CC1=CC2=C(C)C(C)=C3C=C(C)C=C4C(C)=C(C)C(=C1)C2C43. The van der Waals surface area contributed by atoms with Gasteiger partial charge in [-0.1, -0.05) is 35.5 Å². The quantitative estimate of drug-likeness (QED) is 0.513. The van der Waals surface area contributed by atoms with E-state index in [9.17, 15) is 0 Å². The summed E-state index contributed by atoms with van der Waals surface area (Å²) >= 11 is 0. The van der Waals surface area contributed by atoms with Crippen LogP contribution in [0.5, 0.6) is 0 Å². The van der Waals surface area contributed by atoms with E-state index >= 15 is 0 Å². The van der Waals surface area contributed by atoms with Gasteiger partial charge in [0.1, 0.15) is 0 Å². The predicted octanol–water partition coefficient (Wildman–Crippen LogP) is 5.99. The molecule has 0 aromatic heterocycles. The Morgan fingerprint density at radius 2 is 0.864 bits per heavy atom. The summed E-state index contributed by atoms with van der Waals surface area (Å²) in [5.74, 6) is 1.06. The molecule has 0 heteroatoms. The van der Waals surface area contributed by atoms with Crippen molar-refractivity contribution in [3.05, 3.63) is 80.0 Å². The zero-order valence-corrected chi connectivity index (χ0v) is 14.5. The Morgan fingerprint density at radius 3 is 1.23 bits per heavy atom. The average Bonchev–Trinajstić information content (AvgIpc) is 2.48. The van der Waals surface area contributed by atoms with Crippen LogP contribution in [0.15, 0.2) is 80.0 Å². The fourth-order valence-corrected chi connectivity index (χ4v) is 4.71. The molecule has 0 amide bonds. The van der Waals surface area contributed by atoms with Crippen molar-refractivity contribution in [1.29, 1.82) is 0 Å². The van der Waals surface area contributed by atoms with Gasteiger partial charge in [0.15, 0.2) is 0 Å². The topological polar surface area (TPSA) is 0 Å². The molecule has 2 unspecified atom stereocenters. The van der Waals surface area contributed by atoms with E-state index in [-0.39, 0.29) is 0 Å². The van der Waals surface area contributed by atoms with Crippen molar-refractivity contribution in [3.8, 4) is 0 Å². The maximum Gasteiger partial charge on any atom is 0.0205 e. The van der Waals surface area contributed by atoms with Crippen LogP contribution in [0.25, 0.3) is 0 Å². The van der Waals surface area contributed by atoms with E-state index in [4.69, 9.17) is 0 Å². The van der Waals surface area contributed by atoms with E-state index in [1.807, 2.05) is 0 Å². The van der Waals surface area contributed by atoms with Gasteiger partial charge in [-0.15, -0.1) is 0 Å². The number of rotatable bonds is 0. The molecule has 4 aliphatic carbocycles. The molecule has 2 atom stereocenters. The molecule has 0 radical (unpaired) electrons. The molecule has 112 valence electrons. The standard InChI is InChI=1S/C22H24/c1-11-7-17-13(3)15(5)19-9-12(2)10-20-16(6)14(4)18(8-11)21(17)22(19)20/h7-10,21-22H,1-6H3. The van der Waals surface area contributed by atoms with Gasteiger partial charge in [0.2, 0.25) is 0 Å². The molecule has 0 aromatic rings. The van der Waals surface area contributed by atoms with Gasteiger partial charge in [0.05, 0.1) is 0 Å². The Hall–Kier alpha value is -1.82. The molecule has 0 nitrogen and oxygen atoms in total. The Balaban J connectivity index is 2.13. The Labute approximate surface area is 134 Å². The molecule has 4 aliphatic rings. The molecule has 0 fully saturated rings. The Kier molecular flexibility index (Phi) is 2.73. The first-order chi connectivity index (χ1) is 10.4. The second-order valence-electron chi connectivity index (χ2n) is 7.34. The molecule has 0 spiro atoms. The van der Waals surface area contributed by atoms with Crippen LogP contribution in [-0.4, -0.2) is 0 Å². The van der Waals surface area contributed by atoms with Gasteiger partial charge >= 0.3 is 0 Å². The molecule has 0 aromatic carbocycles. The van der Waals surface area contributed by atoms with Crippen LogP contribution in [0.4, 0.5) is 0 Å². The third-order valence-corrected chi connectivity index (χ3v) is 6.06. The van der Waals surface area contributed by atoms with Gasteiger partial charge in [-0.05, 0) is 86.1 Å². The van der Waals surface area contributed by atoms with Crippen molar-refractivity contribution in [2.24, 2.45) is 11.8 Å². The van der Waals surface area contributed by atoms with Gasteiger partial charge in [0, 0.05) is 11.8 Å². The molecule has 22 heavy (non-hydrogen) atoms. The highest BCUT2D eigenvalue weighted by Crippen LogP contribution is 2.56.